The molecule has 1 heterocycles. The van der Waals surface area contributed by atoms with Crippen LogP contribution in [0.25, 0.3) is 0 Å². The molecule has 0 saturated carbocycles. The summed E-state index contributed by atoms with van der Waals surface area (Å²) < 4.78 is 0. The molecule has 0 spiro atoms. The van der Waals surface area contributed by atoms with Crippen molar-refractivity contribution >= 4 is 17.8 Å². The lowest BCUT2D eigenvalue weighted by Gasteiger charge is -2.45. The molecule has 2 aromatic carbocycles. The molecule has 2 bridgehead atoms. The van der Waals surface area contributed by atoms with Gasteiger partial charge in [-0.25, -0.2) is 4.79 Å². The van der Waals surface area contributed by atoms with Gasteiger partial charge in [-0.2, -0.15) is 0 Å². The predicted molar refractivity (Wildman–Crippen MR) is 91.9 cm³/mol. The fraction of sp³-hybridized carbons (Fsp3) is 0.286. The number of nitrogens with zero attached hydrogens (tertiary/aromatic N) is 1. The number of amides is 2. The molecule has 6 rings (SSSR count). The maximum Gasteiger partial charge on any atom is 0.330 e. The van der Waals surface area contributed by atoms with Crippen LogP contribution in [0.5, 0.6) is 0 Å². The van der Waals surface area contributed by atoms with Crippen molar-refractivity contribution in [3.63, 3.8) is 0 Å². The highest BCUT2D eigenvalue weighted by atomic mass is 16.7. The fourth-order valence-corrected chi connectivity index (χ4v) is 5.04. The molecule has 0 aromatic heterocycles. The molecule has 0 radical (unpaired) electrons. The van der Waals surface area contributed by atoms with Gasteiger partial charge in [0.1, 0.15) is 0 Å². The lowest BCUT2D eigenvalue weighted by atomic mass is 9.55. The highest BCUT2D eigenvalue weighted by Gasteiger charge is 2.62. The van der Waals surface area contributed by atoms with E-state index in [1.165, 1.54) is 6.92 Å². The zero-order chi connectivity index (χ0) is 18.2. The number of aryl methyl sites for hydroxylation is 1. The highest BCUT2D eigenvalue weighted by molar-refractivity contribution is 6.07. The average molecular weight is 347 g/mol. The van der Waals surface area contributed by atoms with Gasteiger partial charge in [0.05, 0.1) is 11.8 Å². The van der Waals surface area contributed by atoms with Crippen LogP contribution in [0.2, 0.25) is 0 Å². The standard InChI is InChI=1S/C21H17NO4/c1-10-7-8-14-15(9-10)17-13-6-4-3-5-12(13)16(14)18-19(17)21(25)22(20(18)24)26-11(2)23/h3-9,16-19H,1-2H3. The van der Waals surface area contributed by atoms with Gasteiger partial charge in [-0.15, -0.1) is 5.06 Å². The van der Waals surface area contributed by atoms with Gasteiger partial charge < -0.3 is 4.84 Å². The summed E-state index contributed by atoms with van der Waals surface area (Å²) in [4.78, 5) is 42.4. The third-order valence-corrected chi connectivity index (χ3v) is 5.87. The molecule has 2 aromatic rings. The Bertz CT molecular complexity index is 995. The monoisotopic (exact) mass is 347 g/mol. The van der Waals surface area contributed by atoms with Crippen molar-refractivity contribution < 1.29 is 19.2 Å². The Morgan fingerprint density at radius 1 is 0.885 bits per heavy atom. The Hall–Kier alpha value is -2.95. The van der Waals surface area contributed by atoms with E-state index in [0.717, 1.165) is 27.8 Å². The van der Waals surface area contributed by atoms with Crippen molar-refractivity contribution in [2.24, 2.45) is 11.8 Å². The summed E-state index contributed by atoms with van der Waals surface area (Å²) in [6.45, 7) is 3.22. The first-order valence-electron chi connectivity index (χ1n) is 8.74. The smallest absolute Gasteiger partial charge is 0.330 e. The first-order valence-corrected chi connectivity index (χ1v) is 8.74. The molecule has 26 heavy (non-hydrogen) atoms. The normalized spacial score (nSPS) is 27.8. The average Bonchev–Trinajstić information content (AvgIpc) is 2.86. The van der Waals surface area contributed by atoms with Gasteiger partial charge >= 0.3 is 5.97 Å². The van der Waals surface area contributed by atoms with Crippen LogP contribution in [0.15, 0.2) is 42.5 Å². The van der Waals surface area contributed by atoms with E-state index in [-0.39, 0.29) is 11.8 Å². The summed E-state index contributed by atoms with van der Waals surface area (Å²) in [6.07, 6.45) is 0. The number of benzene rings is 2. The summed E-state index contributed by atoms with van der Waals surface area (Å²) in [6, 6.07) is 14.2. The lowest BCUT2D eigenvalue weighted by molar-refractivity contribution is -0.197. The number of carbonyl (C=O) groups is 3. The van der Waals surface area contributed by atoms with Crippen LogP contribution in [-0.4, -0.2) is 22.8 Å². The molecule has 4 aliphatic rings. The van der Waals surface area contributed by atoms with Gasteiger partial charge in [0.2, 0.25) is 0 Å². The summed E-state index contributed by atoms with van der Waals surface area (Å²) in [5.41, 5.74) is 5.54. The molecule has 1 saturated heterocycles. The van der Waals surface area contributed by atoms with Crippen LogP contribution in [0.1, 0.15) is 46.6 Å². The number of hydroxylamine groups is 2. The quantitative estimate of drug-likeness (QED) is 0.744. The minimum atomic E-state index is -0.663. The zero-order valence-electron chi connectivity index (χ0n) is 14.4. The Balaban J connectivity index is 1.75. The van der Waals surface area contributed by atoms with Gasteiger partial charge in [-0.05, 0) is 29.2 Å². The number of hydrogen-bond donors (Lipinski definition) is 0. The molecule has 4 atom stereocenters. The summed E-state index contributed by atoms with van der Waals surface area (Å²) >= 11 is 0. The molecular weight excluding hydrogens is 330 g/mol. The van der Waals surface area contributed by atoms with E-state index in [1.807, 2.05) is 37.3 Å². The second-order valence-electron chi connectivity index (χ2n) is 7.32. The third kappa shape index (κ3) is 1.77. The topological polar surface area (TPSA) is 63.7 Å². The number of imide groups is 1. The van der Waals surface area contributed by atoms with E-state index in [2.05, 4.69) is 12.1 Å². The van der Waals surface area contributed by atoms with E-state index in [4.69, 9.17) is 4.84 Å². The molecule has 4 unspecified atom stereocenters. The molecule has 3 aliphatic carbocycles. The van der Waals surface area contributed by atoms with Gasteiger partial charge in [-0.1, -0.05) is 48.0 Å². The molecule has 1 fully saturated rings. The van der Waals surface area contributed by atoms with Crippen molar-refractivity contribution in [3.05, 3.63) is 70.3 Å². The Labute approximate surface area is 150 Å². The number of carbonyl (C=O) groups excluding carboxylic acids is 3. The Morgan fingerprint density at radius 2 is 1.42 bits per heavy atom. The van der Waals surface area contributed by atoms with E-state index >= 15 is 0 Å². The minimum absolute atomic E-state index is 0.186. The van der Waals surface area contributed by atoms with Crippen LogP contribution in [-0.2, 0) is 19.2 Å². The van der Waals surface area contributed by atoms with Crippen LogP contribution < -0.4 is 0 Å². The molecule has 1 aliphatic heterocycles. The molecule has 0 N–H and O–H groups in total. The van der Waals surface area contributed by atoms with Crippen molar-refractivity contribution in [2.75, 3.05) is 0 Å². The molecular formula is C21H17NO4. The number of hydrogen-bond acceptors (Lipinski definition) is 4. The Morgan fingerprint density at radius 3 is 2.00 bits per heavy atom. The molecule has 5 nitrogen and oxygen atoms in total. The predicted octanol–water partition coefficient (Wildman–Crippen LogP) is 2.67. The minimum Gasteiger partial charge on any atom is -0.331 e. The highest BCUT2D eigenvalue weighted by Crippen LogP contribution is 2.61. The van der Waals surface area contributed by atoms with Crippen LogP contribution >= 0.6 is 0 Å². The van der Waals surface area contributed by atoms with Gasteiger partial charge in [0.15, 0.2) is 0 Å². The van der Waals surface area contributed by atoms with E-state index in [9.17, 15) is 14.4 Å². The second kappa shape index (κ2) is 5.04. The van der Waals surface area contributed by atoms with Crippen LogP contribution in [0, 0.1) is 18.8 Å². The lowest BCUT2D eigenvalue weighted by Crippen LogP contribution is -2.41. The molecule has 2 amide bonds. The zero-order valence-corrected chi connectivity index (χ0v) is 14.4. The fourth-order valence-electron chi connectivity index (χ4n) is 5.04. The molecule has 5 heteroatoms. The van der Waals surface area contributed by atoms with Gasteiger partial charge in [-0.3, -0.25) is 9.59 Å². The van der Waals surface area contributed by atoms with E-state index in [1.54, 1.807) is 0 Å². The maximum atomic E-state index is 13.0. The molecule has 130 valence electrons. The van der Waals surface area contributed by atoms with Crippen molar-refractivity contribution in [3.8, 4) is 0 Å². The van der Waals surface area contributed by atoms with Crippen molar-refractivity contribution in [2.45, 2.75) is 25.7 Å². The van der Waals surface area contributed by atoms with Gasteiger partial charge in [0.25, 0.3) is 11.8 Å². The van der Waals surface area contributed by atoms with E-state index in [0.29, 0.717) is 5.06 Å². The summed E-state index contributed by atoms with van der Waals surface area (Å²) in [5.74, 6) is -2.89. The maximum absolute atomic E-state index is 13.0. The van der Waals surface area contributed by atoms with Crippen LogP contribution in [0.4, 0.5) is 0 Å². The first kappa shape index (κ1) is 15.3. The second-order valence-corrected chi connectivity index (χ2v) is 7.32. The Kier molecular flexibility index (Phi) is 2.97. The summed E-state index contributed by atoms with van der Waals surface area (Å²) in [5, 5.41) is 0.697. The van der Waals surface area contributed by atoms with Crippen molar-refractivity contribution in [1.82, 2.24) is 5.06 Å². The SMILES string of the molecule is CC(=O)ON1C(=O)C2C3c4ccccc4C(c4cc(C)ccc43)C2C1=O. The number of rotatable bonds is 1. The third-order valence-electron chi connectivity index (χ3n) is 5.87. The summed E-state index contributed by atoms with van der Waals surface area (Å²) in [7, 11) is 0. The first-order chi connectivity index (χ1) is 12.5. The van der Waals surface area contributed by atoms with Crippen LogP contribution in [0.3, 0.4) is 0 Å². The van der Waals surface area contributed by atoms with E-state index < -0.39 is 29.6 Å². The van der Waals surface area contributed by atoms with Gasteiger partial charge in [0, 0.05) is 18.8 Å². The van der Waals surface area contributed by atoms with Crippen molar-refractivity contribution in [1.29, 1.82) is 0 Å². The largest absolute Gasteiger partial charge is 0.331 e.